The first kappa shape index (κ1) is 16.6. The molecule has 0 saturated heterocycles. The van der Waals surface area contributed by atoms with Gasteiger partial charge >= 0.3 is 16.5 Å². The average Bonchev–Trinajstić information content (AvgIpc) is 2.11. The van der Waals surface area contributed by atoms with E-state index in [1.807, 2.05) is 0 Å². The molecular formula is C11H30AlN3Si. The lowest BCUT2D eigenvalue weighted by atomic mass is 10.4. The third-order valence-electron chi connectivity index (χ3n) is 3.11. The molecule has 0 atom stereocenters. The van der Waals surface area contributed by atoms with Gasteiger partial charge in [0.15, 0.2) is 0 Å². The Hall–Kier alpha value is 0.629. The summed E-state index contributed by atoms with van der Waals surface area (Å²) < 4.78 is 2.69. The zero-order chi connectivity index (χ0) is 12.8. The summed E-state index contributed by atoms with van der Waals surface area (Å²) in [6, 6.07) is 0. The van der Waals surface area contributed by atoms with Crippen molar-refractivity contribution >= 4 is 24.7 Å². The summed E-state index contributed by atoms with van der Waals surface area (Å²) in [4.78, 5) is 4.73. The highest BCUT2D eigenvalue weighted by molar-refractivity contribution is 6.77. The minimum absolute atomic E-state index is 1.02. The lowest BCUT2D eigenvalue weighted by Crippen LogP contribution is -2.47. The first-order valence-electron chi connectivity index (χ1n) is 6.28. The van der Waals surface area contributed by atoms with Crippen LogP contribution >= 0.6 is 0 Å². The predicted octanol–water partition coefficient (Wildman–Crippen LogP) is 0.555. The second-order valence-corrected chi connectivity index (χ2v) is 13.1. The van der Waals surface area contributed by atoms with Gasteiger partial charge in [0, 0.05) is 6.54 Å². The molecule has 0 rings (SSSR count). The van der Waals surface area contributed by atoms with Gasteiger partial charge in [-0.1, -0.05) is 19.6 Å². The molecule has 0 radical (unpaired) electrons. The largest absolute Gasteiger partial charge is 0.413 e. The van der Waals surface area contributed by atoms with Crippen LogP contribution in [0.5, 0.6) is 0 Å². The van der Waals surface area contributed by atoms with Crippen molar-refractivity contribution in [3.05, 3.63) is 0 Å². The van der Waals surface area contributed by atoms with Crippen molar-refractivity contribution in [2.75, 3.05) is 47.3 Å². The molecule has 0 N–H and O–H groups in total. The van der Waals surface area contributed by atoms with Crippen LogP contribution in [0.3, 0.4) is 0 Å². The number of likely N-dealkylation sites (N-methyl/N-ethyl adjacent to an activating group) is 1. The summed E-state index contributed by atoms with van der Waals surface area (Å²) in [5.41, 5.74) is 0. The number of hydrogen-bond acceptors (Lipinski definition) is 3. The van der Waals surface area contributed by atoms with Crippen LogP contribution in [0.2, 0.25) is 19.6 Å². The third-order valence-corrected chi connectivity index (χ3v) is 10.1. The second kappa shape index (κ2) is 7.86. The molecule has 0 amide bonds. The highest BCUT2D eigenvalue weighted by atomic mass is 28.3. The zero-order valence-electron chi connectivity index (χ0n) is 12.4. The Labute approximate surface area is 112 Å². The Bertz CT molecular complexity index is 183. The summed E-state index contributed by atoms with van der Waals surface area (Å²) in [6.45, 7) is 12.2. The van der Waals surface area contributed by atoms with Gasteiger partial charge in [0.25, 0.3) is 0 Å². The topological polar surface area (TPSA) is 9.72 Å². The van der Waals surface area contributed by atoms with Gasteiger partial charge in [0.1, 0.15) is 0 Å². The quantitative estimate of drug-likeness (QED) is 0.590. The van der Waals surface area contributed by atoms with E-state index in [1.54, 1.807) is 0 Å². The monoisotopic (exact) mass is 259 g/mol. The van der Waals surface area contributed by atoms with Crippen LogP contribution in [0.4, 0.5) is 0 Å². The van der Waals surface area contributed by atoms with Crippen LogP contribution in [-0.2, 0) is 0 Å². The van der Waals surface area contributed by atoms with E-state index in [0.29, 0.717) is 0 Å². The minimum atomic E-state index is -1.02. The highest BCUT2D eigenvalue weighted by Gasteiger charge is 2.18. The lowest BCUT2D eigenvalue weighted by molar-refractivity contribution is 0.294. The van der Waals surface area contributed by atoms with Crippen LogP contribution in [0, 0.1) is 0 Å². The van der Waals surface area contributed by atoms with Crippen molar-refractivity contribution in [2.45, 2.75) is 26.1 Å². The SMILES string of the molecule is CN(C)CCCN(C)CC[N]([AlH2])[Si](C)(C)C. The molecule has 0 spiro atoms. The maximum absolute atomic E-state index is 2.69. The summed E-state index contributed by atoms with van der Waals surface area (Å²) in [6.07, 6.45) is 1.28. The molecule has 0 saturated carbocycles. The van der Waals surface area contributed by atoms with Crippen LogP contribution in [0.25, 0.3) is 0 Å². The minimum Gasteiger partial charge on any atom is -0.413 e. The summed E-state index contributed by atoms with van der Waals surface area (Å²) >= 11 is 1.22. The molecule has 0 fully saturated rings. The molecule has 0 aliphatic heterocycles. The zero-order valence-corrected chi connectivity index (χ0v) is 15.4. The van der Waals surface area contributed by atoms with Gasteiger partial charge < -0.3 is 13.3 Å². The van der Waals surface area contributed by atoms with Crippen LogP contribution in [0.1, 0.15) is 6.42 Å². The lowest BCUT2D eigenvalue weighted by Gasteiger charge is -2.33. The summed E-state index contributed by atoms with van der Waals surface area (Å²) in [5.74, 6) is 0. The fraction of sp³-hybridized carbons (Fsp3) is 1.00. The Balaban J connectivity index is 3.61. The van der Waals surface area contributed by atoms with Gasteiger partial charge in [-0.25, -0.2) is 0 Å². The van der Waals surface area contributed by atoms with Crippen LogP contribution < -0.4 is 0 Å². The fourth-order valence-corrected chi connectivity index (χ4v) is 2.40. The number of nitrogens with zero attached hydrogens (tertiary/aromatic N) is 3. The number of rotatable bonds is 8. The molecule has 0 aliphatic carbocycles. The Kier molecular flexibility index (Phi) is 8.17. The Morgan fingerprint density at radius 1 is 0.875 bits per heavy atom. The predicted molar refractivity (Wildman–Crippen MR) is 79.3 cm³/mol. The normalized spacial score (nSPS) is 13.1. The van der Waals surface area contributed by atoms with E-state index in [9.17, 15) is 0 Å². The maximum atomic E-state index is 2.69. The van der Waals surface area contributed by atoms with Crippen molar-refractivity contribution < 1.29 is 0 Å². The maximum Gasteiger partial charge on any atom is 0.314 e. The van der Waals surface area contributed by atoms with Crippen molar-refractivity contribution in [3.63, 3.8) is 0 Å². The van der Waals surface area contributed by atoms with Crippen LogP contribution in [0.15, 0.2) is 0 Å². The van der Waals surface area contributed by atoms with Gasteiger partial charge in [-0.15, -0.1) is 0 Å². The molecule has 0 heterocycles. The van der Waals surface area contributed by atoms with Crippen molar-refractivity contribution in [1.29, 1.82) is 0 Å². The molecule has 0 aromatic heterocycles. The van der Waals surface area contributed by atoms with Gasteiger partial charge in [0.05, 0.1) is 8.24 Å². The Morgan fingerprint density at radius 3 is 1.88 bits per heavy atom. The van der Waals surface area contributed by atoms with Crippen molar-refractivity contribution in [2.24, 2.45) is 0 Å². The van der Waals surface area contributed by atoms with E-state index in [-0.39, 0.29) is 0 Å². The smallest absolute Gasteiger partial charge is 0.314 e. The standard InChI is InChI=1S/C11H28N3Si.Al.2H/c1-13(2)9-7-10-14(3)11-8-12-15(4,5)6;;;/h7-11H2,1-6H3;;;/q-1;+1;;. The molecular weight excluding hydrogens is 229 g/mol. The summed E-state index contributed by atoms with van der Waals surface area (Å²) in [5, 5.41) is 0. The van der Waals surface area contributed by atoms with E-state index < -0.39 is 8.24 Å². The molecule has 0 bridgehead atoms. The molecule has 96 valence electrons. The summed E-state index contributed by atoms with van der Waals surface area (Å²) in [7, 11) is 5.52. The first-order chi connectivity index (χ1) is 7.23. The van der Waals surface area contributed by atoms with Gasteiger partial charge in [-0.3, -0.25) is 0 Å². The van der Waals surface area contributed by atoms with Gasteiger partial charge in [0.2, 0.25) is 0 Å². The van der Waals surface area contributed by atoms with E-state index in [0.717, 1.165) is 0 Å². The van der Waals surface area contributed by atoms with Crippen LogP contribution in [-0.4, -0.2) is 85.4 Å². The van der Waals surface area contributed by atoms with Crippen molar-refractivity contribution in [1.82, 2.24) is 13.3 Å². The molecule has 0 aromatic carbocycles. The third kappa shape index (κ3) is 8.74. The Morgan fingerprint density at radius 2 is 1.44 bits per heavy atom. The molecule has 16 heavy (non-hydrogen) atoms. The van der Waals surface area contributed by atoms with E-state index >= 15 is 0 Å². The first-order valence-corrected chi connectivity index (χ1v) is 10.6. The molecule has 0 unspecified atom stereocenters. The highest BCUT2D eigenvalue weighted by Crippen LogP contribution is 2.05. The van der Waals surface area contributed by atoms with Gasteiger partial charge in [-0.05, 0) is 47.2 Å². The van der Waals surface area contributed by atoms with Crippen molar-refractivity contribution in [3.8, 4) is 0 Å². The average molecular weight is 259 g/mol. The molecule has 5 heteroatoms. The molecule has 0 aliphatic rings. The second-order valence-electron chi connectivity index (χ2n) is 6.05. The van der Waals surface area contributed by atoms with E-state index in [1.165, 1.54) is 49.1 Å². The van der Waals surface area contributed by atoms with Gasteiger partial charge in [-0.2, -0.15) is 0 Å². The van der Waals surface area contributed by atoms with E-state index in [2.05, 4.69) is 54.1 Å². The molecule has 3 nitrogen and oxygen atoms in total. The fourth-order valence-electron chi connectivity index (χ4n) is 1.42. The van der Waals surface area contributed by atoms with E-state index in [4.69, 9.17) is 0 Å². The number of hydrogen-bond donors (Lipinski definition) is 0. The molecule has 0 aromatic rings.